The number of benzene rings is 2. The van der Waals surface area contributed by atoms with Crippen LogP contribution in [0.4, 0.5) is 10.5 Å². The van der Waals surface area contributed by atoms with Crippen molar-refractivity contribution in [1.82, 2.24) is 4.90 Å². The minimum absolute atomic E-state index is 0.229. The molecule has 2 aromatic carbocycles. The smallest absolute Gasteiger partial charge is 0.294 e. The summed E-state index contributed by atoms with van der Waals surface area (Å²) >= 11 is 7.68. The van der Waals surface area contributed by atoms with Crippen LogP contribution in [0.2, 0.25) is 0 Å². The molecule has 1 heterocycles. The van der Waals surface area contributed by atoms with Gasteiger partial charge in [-0.3, -0.25) is 19.3 Å². The van der Waals surface area contributed by atoms with Crippen molar-refractivity contribution in [2.75, 3.05) is 25.1 Å². The topological polar surface area (TPSA) is 84.9 Å². The molecule has 172 valence electrons. The van der Waals surface area contributed by atoms with E-state index in [-0.39, 0.29) is 11.4 Å². The number of ether oxygens (including phenoxy) is 2. The number of anilines is 1. The van der Waals surface area contributed by atoms with E-state index in [9.17, 15) is 14.4 Å². The highest BCUT2D eigenvalue weighted by molar-refractivity contribution is 9.11. The number of carbonyl (C=O) groups is 3. The standard InChI is InChI=1S/C23H20Br2N2O5S/c1-3-9-32-21-17(24)10-14(11-18(21)25)12-19-22(29)27(23(30)33-19)13-20(28)26-15-5-7-16(8-6-15)31-4-2/h3,5-8,10-12H,1,4,9,13H2,2H3,(H,26,28)/b19-12-. The Kier molecular flexibility index (Phi) is 8.76. The summed E-state index contributed by atoms with van der Waals surface area (Å²) in [5.74, 6) is 0.291. The van der Waals surface area contributed by atoms with Gasteiger partial charge in [-0.15, -0.1) is 0 Å². The lowest BCUT2D eigenvalue weighted by molar-refractivity contribution is -0.127. The molecule has 0 spiro atoms. The van der Waals surface area contributed by atoms with Gasteiger partial charge in [-0.1, -0.05) is 12.7 Å². The monoisotopic (exact) mass is 594 g/mol. The van der Waals surface area contributed by atoms with Crippen LogP contribution in [-0.2, 0) is 9.59 Å². The van der Waals surface area contributed by atoms with E-state index in [0.717, 1.165) is 16.7 Å². The van der Waals surface area contributed by atoms with Crippen molar-refractivity contribution in [3.05, 3.63) is 68.5 Å². The van der Waals surface area contributed by atoms with Gasteiger partial charge in [0.15, 0.2) is 0 Å². The molecule has 3 rings (SSSR count). The lowest BCUT2D eigenvalue weighted by atomic mass is 10.2. The van der Waals surface area contributed by atoms with Crippen LogP contribution >= 0.6 is 43.6 Å². The normalized spacial score (nSPS) is 14.5. The number of halogens is 2. The van der Waals surface area contributed by atoms with Crippen molar-refractivity contribution in [2.24, 2.45) is 0 Å². The SMILES string of the molecule is C=CCOc1c(Br)cc(/C=C2\SC(=O)N(CC(=O)Nc3ccc(OCC)cc3)C2=O)cc1Br. The first-order valence-electron chi connectivity index (χ1n) is 9.83. The second-order valence-corrected chi connectivity index (χ2v) is 9.39. The zero-order chi connectivity index (χ0) is 24.0. The summed E-state index contributed by atoms with van der Waals surface area (Å²) in [4.78, 5) is 38.7. The Bertz CT molecular complexity index is 1100. The van der Waals surface area contributed by atoms with Gasteiger partial charge in [-0.05, 0) is 98.6 Å². The number of hydrogen-bond acceptors (Lipinski definition) is 6. The van der Waals surface area contributed by atoms with Crippen LogP contribution in [0.15, 0.2) is 62.9 Å². The third-order valence-electron chi connectivity index (χ3n) is 4.29. The summed E-state index contributed by atoms with van der Waals surface area (Å²) in [6, 6.07) is 10.4. The van der Waals surface area contributed by atoms with E-state index in [2.05, 4.69) is 43.8 Å². The number of imide groups is 1. The largest absolute Gasteiger partial charge is 0.494 e. The zero-order valence-electron chi connectivity index (χ0n) is 17.6. The third-order valence-corrected chi connectivity index (χ3v) is 6.37. The maximum absolute atomic E-state index is 12.8. The fourth-order valence-corrected chi connectivity index (χ4v) is 5.17. The molecule has 1 fully saturated rings. The molecule has 2 aromatic rings. The third kappa shape index (κ3) is 6.49. The van der Waals surface area contributed by atoms with Crippen molar-refractivity contribution in [1.29, 1.82) is 0 Å². The molecular weight excluding hydrogens is 576 g/mol. The zero-order valence-corrected chi connectivity index (χ0v) is 21.6. The molecule has 1 aliphatic rings. The van der Waals surface area contributed by atoms with E-state index < -0.39 is 17.1 Å². The molecule has 33 heavy (non-hydrogen) atoms. The Morgan fingerprint density at radius 3 is 2.42 bits per heavy atom. The number of carbonyl (C=O) groups excluding carboxylic acids is 3. The van der Waals surface area contributed by atoms with Gasteiger partial charge in [0.1, 0.15) is 24.7 Å². The number of thioether (sulfide) groups is 1. The second-order valence-electron chi connectivity index (χ2n) is 6.69. The fourth-order valence-electron chi connectivity index (χ4n) is 2.88. The van der Waals surface area contributed by atoms with Crippen LogP contribution in [0.1, 0.15) is 12.5 Å². The molecular formula is C23H20Br2N2O5S. The summed E-state index contributed by atoms with van der Waals surface area (Å²) in [6.07, 6.45) is 3.23. The van der Waals surface area contributed by atoms with E-state index >= 15 is 0 Å². The van der Waals surface area contributed by atoms with E-state index in [0.29, 0.717) is 44.9 Å². The first kappa shape index (κ1) is 25.1. The van der Waals surface area contributed by atoms with Gasteiger partial charge >= 0.3 is 0 Å². The van der Waals surface area contributed by atoms with E-state index in [1.54, 1.807) is 48.6 Å². The van der Waals surface area contributed by atoms with Gasteiger partial charge < -0.3 is 14.8 Å². The van der Waals surface area contributed by atoms with Crippen molar-refractivity contribution < 1.29 is 23.9 Å². The number of nitrogens with zero attached hydrogens (tertiary/aromatic N) is 1. The van der Waals surface area contributed by atoms with Crippen molar-refractivity contribution in [3.8, 4) is 11.5 Å². The van der Waals surface area contributed by atoms with Crippen LogP contribution < -0.4 is 14.8 Å². The molecule has 0 radical (unpaired) electrons. The van der Waals surface area contributed by atoms with Crippen LogP contribution in [0, 0.1) is 0 Å². The molecule has 1 aliphatic heterocycles. The Hall–Kier alpha value is -2.56. The number of nitrogens with one attached hydrogen (secondary N) is 1. The molecule has 3 amide bonds. The second kappa shape index (κ2) is 11.5. The molecule has 0 aliphatic carbocycles. The van der Waals surface area contributed by atoms with Gasteiger partial charge in [0.05, 0.1) is 20.5 Å². The predicted molar refractivity (Wildman–Crippen MR) is 136 cm³/mol. The number of rotatable bonds is 9. The minimum Gasteiger partial charge on any atom is -0.494 e. The van der Waals surface area contributed by atoms with Gasteiger partial charge in [0, 0.05) is 5.69 Å². The highest BCUT2D eigenvalue weighted by atomic mass is 79.9. The molecule has 1 N–H and O–H groups in total. The van der Waals surface area contributed by atoms with Crippen LogP contribution in [0.25, 0.3) is 6.08 Å². The summed E-state index contributed by atoms with van der Waals surface area (Å²) in [6.45, 7) is 6.01. The van der Waals surface area contributed by atoms with E-state index in [4.69, 9.17) is 9.47 Å². The van der Waals surface area contributed by atoms with Crippen molar-refractivity contribution in [2.45, 2.75) is 6.92 Å². The van der Waals surface area contributed by atoms with Gasteiger partial charge in [-0.25, -0.2) is 0 Å². The quantitative estimate of drug-likeness (QED) is 0.289. The first-order valence-corrected chi connectivity index (χ1v) is 12.2. The molecule has 0 atom stereocenters. The lowest BCUT2D eigenvalue weighted by Crippen LogP contribution is -2.36. The summed E-state index contributed by atoms with van der Waals surface area (Å²) in [7, 11) is 0. The molecule has 0 saturated carbocycles. The average molecular weight is 596 g/mol. The number of amides is 3. The molecule has 7 nitrogen and oxygen atoms in total. The van der Waals surface area contributed by atoms with Crippen LogP contribution in [0.3, 0.4) is 0 Å². The highest BCUT2D eigenvalue weighted by Gasteiger charge is 2.36. The first-order chi connectivity index (χ1) is 15.8. The Morgan fingerprint density at radius 1 is 1.15 bits per heavy atom. The Morgan fingerprint density at radius 2 is 1.82 bits per heavy atom. The van der Waals surface area contributed by atoms with Crippen LogP contribution in [0.5, 0.6) is 11.5 Å². The maximum Gasteiger partial charge on any atom is 0.294 e. The van der Waals surface area contributed by atoms with Gasteiger partial charge in [0.25, 0.3) is 11.1 Å². The summed E-state index contributed by atoms with van der Waals surface area (Å²) in [5, 5.41) is 2.18. The lowest BCUT2D eigenvalue weighted by Gasteiger charge is -2.13. The fraction of sp³-hybridized carbons (Fsp3) is 0.174. The van der Waals surface area contributed by atoms with Gasteiger partial charge in [-0.2, -0.15) is 0 Å². The Balaban J connectivity index is 1.68. The summed E-state index contributed by atoms with van der Waals surface area (Å²) in [5.41, 5.74) is 1.23. The minimum atomic E-state index is -0.522. The predicted octanol–water partition coefficient (Wildman–Crippen LogP) is 5.85. The Labute approximate surface area is 212 Å². The maximum atomic E-state index is 12.8. The average Bonchev–Trinajstić information content (AvgIpc) is 3.02. The van der Waals surface area contributed by atoms with E-state index in [1.807, 2.05) is 6.92 Å². The van der Waals surface area contributed by atoms with Gasteiger partial charge in [0.2, 0.25) is 5.91 Å². The van der Waals surface area contributed by atoms with Crippen LogP contribution in [-0.4, -0.2) is 41.7 Å². The summed E-state index contributed by atoms with van der Waals surface area (Å²) < 4.78 is 12.3. The molecule has 0 aromatic heterocycles. The molecule has 0 bridgehead atoms. The molecule has 10 heteroatoms. The van der Waals surface area contributed by atoms with Crippen molar-refractivity contribution in [3.63, 3.8) is 0 Å². The van der Waals surface area contributed by atoms with Crippen molar-refractivity contribution >= 4 is 72.4 Å². The molecule has 0 unspecified atom stereocenters. The highest BCUT2D eigenvalue weighted by Crippen LogP contribution is 2.37. The number of hydrogen-bond donors (Lipinski definition) is 1. The molecule has 1 saturated heterocycles. The van der Waals surface area contributed by atoms with E-state index in [1.165, 1.54) is 0 Å².